The molecule has 2 aromatic carbocycles. The molecule has 0 aliphatic rings. The number of aromatic nitrogens is 3. The molecule has 0 spiro atoms. The second-order valence-corrected chi connectivity index (χ2v) is 10.0. The lowest BCUT2D eigenvalue weighted by atomic mass is 10.3. The number of nitrogens with zero attached hydrogens (tertiary/aromatic N) is 3. The fourth-order valence-corrected chi connectivity index (χ4v) is 5.42. The van der Waals surface area contributed by atoms with E-state index in [9.17, 15) is 14.0 Å². The first-order valence-electron chi connectivity index (χ1n) is 10.0. The van der Waals surface area contributed by atoms with Gasteiger partial charge in [0.1, 0.15) is 16.3 Å². The minimum Gasteiger partial charge on any atom is -0.494 e. The average Bonchev–Trinajstić information content (AvgIpc) is 3.14. The molecule has 176 valence electrons. The van der Waals surface area contributed by atoms with Crippen molar-refractivity contribution < 1.29 is 13.9 Å². The fraction of sp³-hybridized carbons (Fsp3) is 0.182. The van der Waals surface area contributed by atoms with Crippen molar-refractivity contribution in [2.24, 2.45) is 7.05 Å². The van der Waals surface area contributed by atoms with Crippen LogP contribution in [0.4, 0.5) is 10.1 Å². The Labute approximate surface area is 212 Å². The number of carbonyl (C=O) groups excluding carboxylic acids is 1. The van der Waals surface area contributed by atoms with Gasteiger partial charge in [0.2, 0.25) is 5.91 Å². The first kappa shape index (κ1) is 24.4. The molecule has 0 saturated carbocycles. The van der Waals surface area contributed by atoms with Crippen LogP contribution < -0.4 is 15.6 Å². The van der Waals surface area contributed by atoms with E-state index in [2.05, 4.69) is 10.3 Å². The van der Waals surface area contributed by atoms with Crippen molar-refractivity contribution in [1.29, 1.82) is 0 Å². The third-order valence-electron chi connectivity index (χ3n) is 4.72. The fourth-order valence-electron chi connectivity index (χ4n) is 3.13. The van der Waals surface area contributed by atoms with E-state index in [1.807, 2.05) is 31.2 Å². The van der Waals surface area contributed by atoms with Gasteiger partial charge in [-0.2, -0.15) is 0 Å². The molecular formula is C22H18ClFN4O3S3. The number of amides is 1. The van der Waals surface area contributed by atoms with E-state index in [-0.39, 0.29) is 22.2 Å². The van der Waals surface area contributed by atoms with E-state index >= 15 is 0 Å². The van der Waals surface area contributed by atoms with Crippen LogP contribution in [-0.4, -0.2) is 32.4 Å². The molecule has 0 radical (unpaired) electrons. The summed E-state index contributed by atoms with van der Waals surface area (Å²) >= 11 is 13.6. The maximum Gasteiger partial charge on any atom is 0.273 e. The molecule has 2 heterocycles. The summed E-state index contributed by atoms with van der Waals surface area (Å²) in [5, 5.41) is 2.92. The lowest BCUT2D eigenvalue weighted by molar-refractivity contribution is -0.113. The number of benzene rings is 2. The van der Waals surface area contributed by atoms with E-state index in [0.29, 0.717) is 31.8 Å². The first-order valence-corrected chi connectivity index (χ1v) is 12.6. The van der Waals surface area contributed by atoms with Gasteiger partial charge in [-0.05, 0) is 61.6 Å². The van der Waals surface area contributed by atoms with E-state index in [4.69, 9.17) is 28.6 Å². The quantitative estimate of drug-likeness (QED) is 0.193. The molecule has 0 fully saturated rings. The summed E-state index contributed by atoms with van der Waals surface area (Å²) in [7, 11) is 1.60. The highest BCUT2D eigenvalue weighted by Gasteiger charge is 2.17. The predicted molar refractivity (Wildman–Crippen MR) is 137 cm³/mol. The molecule has 1 N–H and O–H groups in total. The average molecular weight is 537 g/mol. The largest absolute Gasteiger partial charge is 0.494 e. The first-order chi connectivity index (χ1) is 16.3. The summed E-state index contributed by atoms with van der Waals surface area (Å²) in [5.74, 6) is -0.213. The van der Waals surface area contributed by atoms with Crippen molar-refractivity contribution in [1.82, 2.24) is 14.1 Å². The number of anilines is 1. The Morgan fingerprint density at radius 2 is 2.03 bits per heavy atom. The Balaban J connectivity index is 1.62. The van der Waals surface area contributed by atoms with Crippen LogP contribution in [0.1, 0.15) is 6.92 Å². The van der Waals surface area contributed by atoms with Gasteiger partial charge in [-0.1, -0.05) is 34.7 Å². The molecule has 4 rings (SSSR count). The normalized spacial score (nSPS) is 11.1. The molecule has 0 aliphatic carbocycles. The molecule has 0 unspecified atom stereocenters. The highest BCUT2D eigenvalue weighted by molar-refractivity contribution is 7.99. The zero-order chi connectivity index (χ0) is 24.4. The van der Waals surface area contributed by atoms with Crippen molar-refractivity contribution >= 4 is 68.9 Å². The van der Waals surface area contributed by atoms with E-state index in [0.717, 1.165) is 23.2 Å². The molecule has 0 atom stereocenters. The van der Waals surface area contributed by atoms with Gasteiger partial charge >= 0.3 is 0 Å². The summed E-state index contributed by atoms with van der Waals surface area (Å²) in [4.78, 5) is 30.0. The second kappa shape index (κ2) is 10.3. The van der Waals surface area contributed by atoms with E-state index in [1.165, 1.54) is 34.1 Å². The zero-order valence-electron chi connectivity index (χ0n) is 18.0. The molecule has 4 aromatic rings. The lowest BCUT2D eigenvalue weighted by Gasteiger charge is -2.10. The summed E-state index contributed by atoms with van der Waals surface area (Å²) in [6, 6.07) is 11.3. The van der Waals surface area contributed by atoms with Gasteiger partial charge in [0, 0.05) is 18.4 Å². The van der Waals surface area contributed by atoms with Crippen LogP contribution in [0, 0.1) is 9.77 Å². The predicted octanol–water partition coefficient (Wildman–Crippen LogP) is 5.44. The summed E-state index contributed by atoms with van der Waals surface area (Å²) in [6.45, 7) is 2.46. The van der Waals surface area contributed by atoms with Crippen LogP contribution in [0.5, 0.6) is 5.75 Å². The lowest BCUT2D eigenvalue weighted by Crippen LogP contribution is -2.21. The van der Waals surface area contributed by atoms with Crippen molar-refractivity contribution in [2.45, 2.75) is 12.1 Å². The molecule has 1 amide bonds. The minimum absolute atomic E-state index is 0.0191. The van der Waals surface area contributed by atoms with Crippen molar-refractivity contribution in [3.8, 4) is 11.4 Å². The van der Waals surface area contributed by atoms with Gasteiger partial charge in [0.25, 0.3) is 5.56 Å². The molecule has 12 heteroatoms. The van der Waals surface area contributed by atoms with E-state index < -0.39 is 5.82 Å². The van der Waals surface area contributed by atoms with Crippen molar-refractivity contribution in [3.63, 3.8) is 0 Å². The Morgan fingerprint density at radius 1 is 1.29 bits per heavy atom. The number of ether oxygens (including phenoxy) is 1. The van der Waals surface area contributed by atoms with Crippen LogP contribution in [-0.2, 0) is 11.8 Å². The molecular weight excluding hydrogens is 519 g/mol. The number of hydrogen-bond donors (Lipinski definition) is 1. The number of thiazole rings is 1. The highest BCUT2D eigenvalue weighted by atomic mass is 35.5. The van der Waals surface area contributed by atoms with Gasteiger partial charge in [-0.25, -0.2) is 9.37 Å². The summed E-state index contributed by atoms with van der Waals surface area (Å²) < 4.78 is 22.8. The Hall–Kier alpha value is -2.73. The second-order valence-electron chi connectivity index (χ2n) is 7.01. The number of nitrogens with one attached hydrogen (secondary N) is 1. The molecule has 2 aromatic heterocycles. The third kappa shape index (κ3) is 5.02. The molecule has 0 saturated heterocycles. The topological polar surface area (TPSA) is 78.1 Å². The SMILES string of the molecule is CCOc1ccc(-n2c(=S)sc3c(=O)n(C)c(SCC(=O)Nc4ccc(F)c(Cl)c4)nc32)cc1. The molecule has 0 bridgehead atoms. The Kier molecular flexibility index (Phi) is 7.36. The Bertz CT molecular complexity index is 1500. The number of thioether (sulfide) groups is 1. The van der Waals surface area contributed by atoms with Crippen LogP contribution in [0.3, 0.4) is 0 Å². The summed E-state index contributed by atoms with van der Waals surface area (Å²) in [6.07, 6.45) is 0. The number of hydrogen-bond acceptors (Lipinski definition) is 7. The van der Waals surface area contributed by atoms with Crippen LogP contribution >= 0.6 is 46.9 Å². The zero-order valence-corrected chi connectivity index (χ0v) is 21.2. The minimum atomic E-state index is -0.570. The number of rotatable bonds is 7. The van der Waals surface area contributed by atoms with Crippen molar-refractivity contribution in [3.05, 3.63) is 67.6 Å². The number of halogens is 2. The van der Waals surface area contributed by atoms with Gasteiger partial charge in [-0.15, -0.1) is 0 Å². The smallest absolute Gasteiger partial charge is 0.273 e. The maximum atomic E-state index is 13.3. The van der Waals surface area contributed by atoms with Crippen LogP contribution in [0.2, 0.25) is 5.02 Å². The summed E-state index contributed by atoms with van der Waals surface area (Å²) in [5.41, 5.74) is 1.30. The van der Waals surface area contributed by atoms with Gasteiger partial charge in [0.15, 0.2) is 14.8 Å². The highest BCUT2D eigenvalue weighted by Crippen LogP contribution is 2.27. The van der Waals surface area contributed by atoms with Crippen molar-refractivity contribution in [2.75, 3.05) is 17.7 Å². The monoisotopic (exact) mass is 536 g/mol. The van der Waals surface area contributed by atoms with E-state index in [1.54, 1.807) is 11.6 Å². The molecule has 34 heavy (non-hydrogen) atoms. The number of fused-ring (bicyclic) bond motifs is 1. The van der Waals surface area contributed by atoms with Crippen LogP contribution in [0.15, 0.2) is 52.4 Å². The maximum absolute atomic E-state index is 13.3. The Morgan fingerprint density at radius 3 is 2.71 bits per heavy atom. The van der Waals surface area contributed by atoms with Crippen LogP contribution in [0.25, 0.3) is 16.0 Å². The standard InChI is InChI=1S/C22H18ClFN4O3S3/c1-3-31-14-7-5-13(6-8-14)28-19-18(34-22(28)32)20(30)27(2)21(26-19)33-11-17(29)25-12-4-9-16(24)15(23)10-12/h4-10H,3,11H2,1-2H3,(H,25,29). The van der Waals surface area contributed by atoms with Gasteiger partial charge in [0.05, 0.1) is 17.4 Å². The van der Waals surface area contributed by atoms with Gasteiger partial charge < -0.3 is 10.1 Å². The molecule has 0 aliphatic heterocycles. The molecule has 7 nitrogen and oxygen atoms in total. The van der Waals surface area contributed by atoms with Gasteiger partial charge in [-0.3, -0.25) is 18.7 Å². The third-order valence-corrected chi connectivity index (χ3v) is 7.39. The number of carbonyl (C=O) groups is 1.